The van der Waals surface area contributed by atoms with Gasteiger partial charge in [-0.05, 0) is 18.6 Å². The van der Waals surface area contributed by atoms with Gasteiger partial charge in [0, 0.05) is 5.56 Å². The largest absolute Gasteiger partial charge is 0.504 e. The first-order valence-electron chi connectivity index (χ1n) is 4.81. The third-order valence-electron chi connectivity index (χ3n) is 2.23. The van der Waals surface area contributed by atoms with Gasteiger partial charge in [-0.15, -0.1) is 0 Å². The van der Waals surface area contributed by atoms with E-state index < -0.39 is 5.97 Å². The van der Waals surface area contributed by atoms with E-state index in [2.05, 4.69) is 0 Å². The molecule has 4 heteroatoms. The average Bonchev–Trinajstić information content (AvgIpc) is 2.26. The zero-order valence-corrected chi connectivity index (χ0v) is 9.23. The molecule has 1 aromatic rings. The van der Waals surface area contributed by atoms with Crippen molar-refractivity contribution in [1.82, 2.24) is 0 Å². The minimum absolute atomic E-state index is 0.0316. The van der Waals surface area contributed by atoms with E-state index in [0.717, 1.165) is 0 Å². The number of carboxylic acids is 1. The van der Waals surface area contributed by atoms with Gasteiger partial charge < -0.3 is 14.9 Å². The minimum atomic E-state index is -0.901. The number of carbonyl (C=O) groups is 1. The number of hydrogen-bond donors (Lipinski definition) is 2. The smallest absolute Gasteiger partial charge is 0.307 e. The van der Waals surface area contributed by atoms with E-state index in [1.807, 2.05) is 0 Å². The van der Waals surface area contributed by atoms with Crippen LogP contribution in [0.15, 0.2) is 24.3 Å². The van der Waals surface area contributed by atoms with E-state index in [-0.39, 0.29) is 12.2 Å². The van der Waals surface area contributed by atoms with E-state index >= 15 is 0 Å². The van der Waals surface area contributed by atoms with Gasteiger partial charge in [0.15, 0.2) is 11.5 Å². The van der Waals surface area contributed by atoms with Gasteiger partial charge in [-0.3, -0.25) is 4.79 Å². The number of carboxylic acid groups (broad SMARTS) is 1. The van der Waals surface area contributed by atoms with Crippen molar-refractivity contribution < 1.29 is 19.7 Å². The summed E-state index contributed by atoms with van der Waals surface area (Å²) in [7, 11) is 1.47. The van der Waals surface area contributed by atoms with Gasteiger partial charge >= 0.3 is 5.97 Å². The molecule has 0 fully saturated rings. The Hall–Kier alpha value is -1.97. The maximum absolute atomic E-state index is 10.4. The van der Waals surface area contributed by atoms with Crippen LogP contribution in [0.4, 0.5) is 0 Å². The Bertz CT molecular complexity index is 421. The van der Waals surface area contributed by atoms with Gasteiger partial charge in [0.2, 0.25) is 0 Å². The second-order valence-electron chi connectivity index (χ2n) is 3.34. The Morgan fingerprint density at radius 2 is 2.19 bits per heavy atom. The van der Waals surface area contributed by atoms with Crippen molar-refractivity contribution >= 4 is 11.5 Å². The molecule has 0 aromatic heterocycles. The molecule has 0 spiro atoms. The summed E-state index contributed by atoms with van der Waals surface area (Å²) in [6, 6.07) is 5.10. The van der Waals surface area contributed by atoms with Gasteiger partial charge in [-0.1, -0.05) is 18.2 Å². The van der Waals surface area contributed by atoms with Gasteiger partial charge in [-0.25, -0.2) is 0 Å². The summed E-state index contributed by atoms with van der Waals surface area (Å²) in [5.74, 6) is -0.494. The molecular formula is C12H14O4. The normalized spacial score (nSPS) is 11.2. The first-order valence-corrected chi connectivity index (χ1v) is 4.81. The van der Waals surface area contributed by atoms with Crippen LogP contribution in [-0.4, -0.2) is 23.3 Å². The van der Waals surface area contributed by atoms with Crippen molar-refractivity contribution in [2.24, 2.45) is 0 Å². The molecule has 1 rings (SSSR count). The lowest BCUT2D eigenvalue weighted by molar-refractivity contribution is -0.135. The van der Waals surface area contributed by atoms with E-state index in [4.69, 9.17) is 9.84 Å². The van der Waals surface area contributed by atoms with Crippen LogP contribution in [0.1, 0.15) is 18.9 Å². The molecule has 0 atom stereocenters. The Morgan fingerprint density at radius 1 is 1.50 bits per heavy atom. The van der Waals surface area contributed by atoms with E-state index in [1.165, 1.54) is 7.11 Å². The highest BCUT2D eigenvalue weighted by Crippen LogP contribution is 2.33. The second kappa shape index (κ2) is 5.21. The maximum atomic E-state index is 10.4. The Labute approximate surface area is 93.8 Å². The van der Waals surface area contributed by atoms with Crippen LogP contribution in [0.5, 0.6) is 11.5 Å². The summed E-state index contributed by atoms with van der Waals surface area (Å²) in [4.78, 5) is 10.4. The number of methoxy groups -OCH3 is 1. The summed E-state index contributed by atoms with van der Waals surface area (Å²) < 4.78 is 4.97. The molecule has 0 radical (unpaired) electrons. The average molecular weight is 222 g/mol. The molecule has 0 aliphatic rings. The molecule has 0 bridgehead atoms. The molecule has 86 valence electrons. The Morgan fingerprint density at radius 3 is 2.75 bits per heavy atom. The molecule has 0 amide bonds. The second-order valence-corrected chi connectivity index (χ2v) is 3.34. The standard InChI is InChI=1S/C12H14O4/c1-8(6-7-11(13)14)9-4-3-5-10(16-2)12(9)15/h3-6,15H,7H2,1-2H3,(H,13,14)/b8-6+. The number of allylic oxidation sites excluding steroid dienone is 1. The molecule has 0 aliphatic heterocycles. The van der Waals surface area contributed by atoms with Crippen molar-refractivity contribution in [3.63, 3.8) is 0 Å². The number of aliphatic carboxylic acids is 1. The summed E-state index contributed by atoms with van der Waals surface area (Å²) in [5, 5.41) is 18.4. The van der Waals surface area contributed by atoms with Gasteiger partial charge in [0.25, 0.3) is 0 Å². The van der Waals surface area contributed by atoms with Crippen LogP contribution in [-0.2, 0) is 4.79 Å². The highest BCUT2D eigenvalue weighted by molar-refractivity contribution is 5.76. The number of aromatic hydroxyl groups is 1. The fourth-order valence-corrected chi connectivity index (χ4v) is 1.36. The fourth-order valence-electron chi connectivity index (χ4n) is 1.36. The maximum Gasteiger partial charge on any atom is 0.307 e. The quantitative estimate of drug-likeness (QED) is 0.820. The van der Waals surface area contributed by atoms with E-state index in [0.29, 0.717) is 16.9 Å². The SMILES string of the molecule is COc1cccc(/C(C)=C/CC(=O)O)c1O. The summed E-state index contributed by atoms with van der Waals surface area (Å²) >= 11 is 0. The van der Waals surface area contributed by atoms with Crippen LogP contribution < -0.4 is 4.74 Å². The zero-order chi connectivity index (χ0) is 12.1. The Kier molecular flexibility index (Phi) is 3.94. The van der Waals surface area contributed by atoms with Crippen LogP contribution in [0.3, 0.4) is 0 Å². The molecule has 0 aliphatic carbocycles. The number of phenols is 1. The van der Waals surface area contributed by atoms with Crippen molar-refractivity contribution in [3.8, 4) is 11.5 Å². The minimum Gasteiger partial charge on any atom is -0.504 e. The monoisotopic (exact) mass is 222 g/mol. The molecule has 1 aromatic carbocycles. The highest BCUT2D eigenvalue weighted by Gasteiger charge is 2.08. The lowest BCUT2D eigenvalue weighted by Crippen LogP contribution is -1.92. The first kappa shape index (κ1) is 12.1. The van der Waals surface area contributed by atoms with Crippen molar-refractivity contribution in [3.05, 3.63) is 29.8 Å². The molecule has 16 heavy (non-hydrogen) atoms. The molecule has 4 nitrogen and oxygen atoms in total. The van der Waals surface area contributed by atoms with Crippen molar-refractivity contribution in [1.29, 1.82) is 0 Å². The summed E-state index contributed by atoms with van der Waals surface area (Å²) in [6.45, 7) is 1.75. The van der Waals surface area contributed by atoms with Gasteiger partial charge in [0.05, 0.1) is 13.5 Å². The third-order valence-corrected chi connectivity index (χ3v) is 2.23. The highest BCUT2D eigenvalue weighted by atomic mass is 16.5. The number of ether oxygens (including phenoxy) is 1. The molecule has 2 N–H and O–H groups in total. The molecule has 0 heterocycles. The number of para-hydroxylation sites is 1. The van der Waals surface area contributed by atoms with E-state index in [9.17, 15) is 9.90 Å². The van der Waals surface area contributed by atoms with Crippen LogP contribution in [0.25, 0.3) is 5.57 Å². The fraction of sp³-hybridized carbons (Fsp3) is 0.250. The molecule has 0 saturated heterocycles. The van der Waals surface area contributed by atoms with Crippen molar-refractivity contribution in [2.75, 3.05) is 7.11 Å². The molecule has 0 unspecified atom stereocenters. The van der Waals surface area contributed by atoms with Gasteiger partial charge in [0.1, 0.15) is 0 Å². The van der Waals surface area contributed by atoms with Crippen LogP contribution in [0, 0.1) is 0 Å². The number of benzene rings is 1. The van der Waals surface area contributed by atoms with Gasteiger partial charge in [-0.2, -0.15) is 0 Å². The third kappa shape index (κ3) is 2.76. The summed E-state index contributed by atoms with van der Waals surface area (Å²) in [6.07, 6.45) is 1.49. The zero-order valence-electron chi connectivity index (χ0n) is 9.23. The predicted molar refractivity (Wildman–Crippen MR) is 60.6 cm³/mol. The van der Waals surface area contributed by atoms with E-state index in [1.54, 1.807) is 31.2 Å². The van der Waals surface area contributed by atoms with Crippen LogP contribution in [0.2, 0.25) is 0 Å². The van der Waals surface area contributed by atoms with Crippen LogP contribution >= 0.6 is 0 Å². The number of rotatable bonds is 4. The predicted octanol–water partition coefficient (Wildman–Crippen LogP) is 2.28. The lowest BCUT2D eigenvalue weighted by atomic mass is 10.0. The first-order chi connectivity index (χ1) is 7.56. The lowest BCUT2D eigenvalue weighted by Gasteiger charge is -2.08. The van der Waals surface area contributed by atoms with Crippen molar-refractivity contribution in [2.45, 2.75) is 13.3 Å². The summed E-state index contributed by atoms with van der Waals surface area (Å²) in [5.41, 5.74) is 1.29. The Balaban J connectivity index is 3.04. The topological polar surface area (TPSA) is 66.8 Å². The molecule has 0 saturated carbocycles. The number of phenolic OH excluding ortho intramolecular Hbond substituents is 1. The number of hydrogen-bond acceptors (Lipinski definition) is 3. The molecular weight excluding hydrogens is 208 g/mol.